The molecular weight excluding hydrogens is 736 g/mol. The van der Waals surface area contributed by atoms with Gasteiger partial charge in [0.05, 0.1) is 35.1 Å². The molecule has 160 valence electrons. The van der Waals surface area contributed by atoms with Crippen LogP contribution >= 0.6 is 67.8 Å². The number of halogens is 4. The zero-order valence-corrected chi connectivity index (χ0v) is 23.0. The van der Waals surface area contributed by atoms with Crippen LogP contribution in [0.4, 0.5) is 15.9 Å². The summed E-state index contributed by atoms with van der Waals surface area (Å²) in [7, 11) is 0. The fraction of sp³-hybridized carbons (Fsp3) is 0.286. The molecule has 10 heteroatoms. The van der Waals surface area contributed by atoms with Crippen LogP contribution in [0.1, 0.15) is 18.4 Å². The Morgan fingerprint density at radius 3 is 2.61 bits per heavy atom. The molecule has 1 saturated carbocycles. The minimum Gasteiger partial charge on any atom is -0.338 e. The summed E-state index contributed by atoms with van der Waals surface area (Å²) >= 11 is 7.03. The third-order valence-corrected chi connectivity index (χ3v) is 7.10. The topological polar surface area (TPSA) is 60.6 Å². The number of pyridine rings is 1. The number of alkyl halides is 3. The second-order valence-corrected chi connectivity index (χ2v) is 18.6. The lowest BCUT2D eigenvalue weighted by molar-refractivity contribution is 0.623. The standard InChI is InChI=1S/C21H18FI3N6/c1-12-19(22)15(6-17-20(12)28-10-30(17)8-13-2-3-13)29-18-5-4-14(7-26-18)16-9-31(11-27-16)21(23,24)25/h4-7,9-11,13H,2-3,8H2,1H3,(H,26,29). The van der Waals surface area contributed by atoms with Crippen molar-refractivity contribution in [3.63, 3.8) is 0 Å². The Balaban J connectivity index is 1.41. The molecule has 5 rings (SSSR count). The number of nitrogens with zero attached hydrogens (tertiary/aromatic N) is 5. The zero-order valence-electron chi connectivity index (χ0n) is 16.5. The minimum atomic E-state index is -0.295. The van der Waals surface area contributed by atoms with E-state index in [0.717, 1.165) is 28.8 Å². The van der Waals surface area contributed by atoms with Crippen LogP contribution in [0.25, 0.3) is 22.3 Å². The molecule has 1 aromatic carbocycles. The third kappa shape index (κ3) is 4.56. The molecule has 1 N–H and O–H groups in total. The Labute approximate surface area is 219 Å². The molecule has 3 aromatic heterocycles. The summed E-state index contributed by atoms with van der Waals surface area (Å²) in [5, 5.41) is 3.14. The van der Waals surface area contributed by atoms with Crippen molar-refractivity contribution in [2.45, 2.75) is 25.9 Å². The molecule has 0 bridgehead atoms. The molecule has 0 saturated heterocycles. The number of fused-ring (bicyclic) bond motifs is 1. The molecule has 31 heavy (non-hydrogen) atoms. The Morgan fingerprint density at radius 2 is 1.97 bits per heavy atom. The molecule has 0 amide bonds. The smallest absolute Gasteiger partial charge is 0.199 e. The third-order valence-electron chi connectivity index (χ3n) is 5.43. The first-order valence-corrected chi connectivity index (χ1v) is 13.0. The van der Waals surface area contributed by atoms with Crippen molar-refractivity contribution in [2.75, 3.05) is 5.32 Å². The summed E-state index contributed by atoms with van der Waals surface area (Å²) in [6.45, 7) is 2.71. The summed E-state index contributed by atoms with van der Waals surface area (Å²) in [4.78, 5) is 13.4. The van der Waals surface area contributed by atoms with E-state index in [4.69, 9.17) is 0 Å². The molecule has 3 heterocycles. The van der Waals surface area contributed by atoms with Crippen LogP contribution < -0.4 is 5.32 Å². The average Bonchev–Trinajstić information content (AvgIpc) is 3.23. The highest BCUT2D eigenvalue weighted by molar-refractivity contribution is 14.3. The van der Waals surface area contributed by atoms with Crippen LogP contribution in [0.15, 0.2) is 43.2 Å². The SMILES string of the molecule is Cc1c(F)c(Nc2ccc(-c3cn(C(I)(I)I)cn3)cn2)cc2c1ncn2CC1CC1. The highest BCUT2D eigenvalue weighted by Gasteiger charge is 2.24. The highest BCUT2D eigenvalue weighted by Crippen LogP contribution is 2.41. The first kappa shape index (κ1) is 21.8. The summed E-state index contributed by atoms with van der Waals surface area (Å²) in [5.41, 5.74) is 4.40. The molecule has 0 aliphatic heterocycles. The van der Waals surface area contributed by atoms with Crippen molar-refractivity contribution in [2.24, 2.45) is 5.92 Å². The number of aromatic nitrogens is 5. The maximum atomic E-state index is 15.0. The predicted octanol–water partition coefficient (Wildman–Crippen LogP) is 6.77. The number of anilines is 2. The van der Waals surface area contributed by atoms with E-state index in [1.54, 1.807) is 13.1 Å². The second-order valence-electron chi connectivity index (χ2n) is 7.76. The molecule has 0 radical (unpaired) electrons. The number of imidazole rings is 2. The van der Waals surface area contributed by atoms with Gasteiger partial charge in [0.25, 0.3) is 0 Å². The largest absolute Gasteiger partial charge is 0.338 e. The number of hydrogen-bond acceptors (Lipinski definition) is 4. The summed E-state index contributed by atoms with van der Waals surface area (Å²) in [6.07, 6.45) is 9.90. The second kappa shape index (κ2) is 8.39. The normalized spacial score (nSPS) is 14.4. The van der Waals surface area contributed by atoms with Gasteiger partial charge in [-0.1, -0.05) is 0 Å². The Kier molecular flexibility index (Phi) is 5.90. The van der Waals surface area contributed by atoms with Crippen LogP contribution in [0.2, 0.25) is 0 Å². The van der Waals surface area contributed by atoms with Gasteiger partial charge >= 0.3 is 0 Å². The molecule has 1 fully saturated rings. The van der Waals surface area contributed by atoms with Crippen molar-refractivity contribution < 1.29 is 4.39 Å². The number of benzene rings is 1. The average molecular weight is 754 g/mol. The summed E-state index contributed by atoms with van der Waals surface area (Å²) in [6, 6.07) is 5.63. The Morgan fingerprint density at radius 1 is 1.16 bits per heavy atom. The molecule has 0 atom stereocenters. The quantitative estimate of drug-likeness (QED) is 0.175. The first-order valence-electron chi connectivity index (χ1n) is 9.78. The number of nitrogens with one attached hydrogen (secondary N) is 1. The molecule has 1 aliphatic rings. The van der Waals surface area contributed by atoms with Crippen LogP contribution in [-0.4, -0.2) is 24.1 Å². The van der Waals surface area contributed by atoms with Gasteiger partial charge in [-0.2, -0.15) is 0 Å². The lowest BCUT2D eigenvalue weighted by Gasteiger charge is -2.13. The van der Waals surface area contributed by atoms with Gasteiger partial charge in [0, 0.05) is 30.1 Å². The fourth-order valence-corrected chi connectivity index (χ4v) is 4.31. The van der Waals surface area contributed by atoms with Gasteiger partial charge in [0.1, 0.15) is 5.82 Å². The van der Waals surface area contributed by atoms with Gasteiger partial charge < -0.3 is 14.5 Å². The summed E-state index contributed by atoms with van der Waals surface area (Å²) in [5.74, 6) is 1.00. The van der Waals surface area contributed by atoms with E-state index in [-0.39, 0.29) is 5.38 Å². The Bertz CT molecular complexity index is 1250. The monoisotopic (exact) mass is 754 g/mol. The molecule has 6 nitrogen and oxygen atoms in total. The van der Waals surface area contributed by atoms with Crippen LogP contribution in [0, 0.1) is 18.7 Å². The van der Waals surface area contributed by atoms with E-state index in [9.17, 15) is 0 Å². The first-order chi connectivity index (χ1) is 14.8. The van der Waals surface area contributed by atoms with Crippen molar-refractivity contribution in [1.82, 2.24) is 24.1 Å². The van der Waals surface area contributed by atoms with Gasteiger partial charge in [-0.25, -0.2) is 19.3 Å². The van der Waals surface area contributed by atoms with Gasteiger partial charge in [0.2, 0.25) is 0 Å². The molecule has 4 aromatic rings. The van der Waals surface area contributed by atoms with E-state index in [1.807, 2.05) is 41.6 Å². The minimum absolute atomic E-state index is 0.118. The predicted molar refractivity (Wildman–Crippen MR) is 146 cm³/mol. The van der Waals surface area contributed by atoms with Crippen LogP contribution in [0.3, 0.4) is 0 Å². The van der Waals surface area contributed by atoms with E-state index in [0.29, 0.717) is 23.0 Å². The molecule has 1 aliphatic carbocycles. The number of hydrogen-bond donors (Lipinski definition) is 1. The summed E-state index contributed by atoms with van der Waals surface area (Å²) < 4.78 is 19.1. The Hall–Kier alpha value is -1.03. The fourth-order valence-electron chi connectivity index (χ4n) is 3.52. The van der Waals surface area contributed by atoms with Gasteiger partial charge in [0.15, 0.2) is 5.38 Å². The van der Waals surface area contributed by atoms with E-state index in [2.05, 4.69) is 92.6 Å². The van der Waals surface area contributed by atoms with Crippen molar-refractivity contribution in [3.05, 3.63) is 54.6 Å². The maximum Gasteiger partial charge on any atom is 0.199 e. The zero-order chi connectivity index (χ0) is 21.8. The van der Waals surface area contributed by atoms with Crippen molar-refractivity contribution in [3.8, 4) is 11.3 Å². The number of aryl methyl sites for hydroxylation is 1. The van der Waals surface area contributed by atoms with Crippen LogP contribution in [-0.2, 0) is 6.10 Å². The molecule has 0 spiro atoms. The van der Waals surface area contributed by atoms with E-state index >= 15 is 4.39 Å². The van der Waals surface area contributed by atoms with E-state index in [1.165, 1.54) is 12.8 Å². The van der Waals surface area contributed by atoms with Gasteiger partial charge in [-0.05, 0) is 112 Å². The van der Waals surface area contributed by atoms with Crippen molar-refractivity contribution >= 4 is 90.3 Å². The lowest BCUT2D eigenvalue weighted by Crippen LogP contribution is -2.06. The van der Waals surface area contributed by atoms with Crippen molar-refractivity contribution in [1.29, 1.82) is 0 Å². The van der Waals surface area contributed by atoms with Gasteiger partial charge in [-0.15, -0.1) is 0 Å². The lowest BCUT2D eigenvalue weighted by atomic mass is 10.1. The number of rotatable bonds is 6. The maximum absolute atomic E-state index is 15.0. The van der Waals surface area contributed by atoms with Crippen LogP contribution in [0.5, 0.6) is 0 Å². The van der Waals surface area contributed by atoms with Gasteiger partial charge in [-0.3, -0.25) is 0 Å². The van der Waals surface area contributed by atoms with E-state index < -0.39 is 0 Å². The molecule has 0 unspecified atom stereocenters. The highest BCUT2D eigenvalue weighted by atomic mass is 127. The molecular formula is C21H18FI3N6.